The molecular weight excluding hydrogens is 272 g/mol. The van der Waals surface area contributed by atoms with Crippen molar-refractivity contribution in [3.05, 3.63) is 58.4 Å². The summed E-state index contributed by atoms with van der Waals surface area (Å²) in [6, 6.07) is 11.6. The van der Waals surface area contributed by atoms with E-state index in [1.165, 1.54) is 5.56 Å². The first-order valence-electron chi connectivity index (χ1n) is 6.52. The SMILES string of the molecule is Cc1cc(Cl)cc2nc(CCc3ccc(N)cc3)oc12. The van der Waals surface area contributed by atoms with Crippen LogP contribution in [0.25, 0.3) is 11.1 Å². The van der Waals surface area contributed by atoms with E-state index >= 15 is 0 Å². The first-order chi connectivity index (χ1) is 9.61. The summed E-state index contributed by atoms with van der Waals surface area (Å²) in [5, 5.41) is 0.688. The van der Waals surface area contributed by atoms with Gasteiger partial charge in [0.15, 0.2) is 11.5 Å². The van der Waals surface area contributed by atoms with E-state index in [2.05, 4.69) is 4.98 Å². The number of fused-ring (bicyclic) bond motifs is 1. The van der Waals surface area contributed by atoms with Crippen molar-refractivity contribution in [3.8, 4) is 0 Å². The van der Waals surface area contributed by atoms with Crippen LogP contribution in [0.15, 0.2) is 40.8 Å². The summed E-state index contributed by atoms with van der Waals surface area (Å²) in [5.74, 6) is 0.738. The Kier molecular flexibility index (Phi) is 3.36. The molecule has 102 valence electrons. The minimum atomic E-state index is 0.688. The molecular formula is C16H15ClN2O. The van der Waals surface area contributed by atoms with E-state index in [9.17, 15) is 0 Å². The van der Waals surface area contributed by atoms with Gasteiger partial charge in [-0.25, -0.2) is 4.98 Å². The van der Waals surface area contributed by atoms with Gasteiger partial charge in [0.2, 0.25) is 0 Å². The van der Waals surface area contributed by atoms with Gasteiger partial charge >= 0.3 is 0 Å². The number of halogens is 1. The van der Waals surface area contributed by atoms with Gasteiger partial charge in [-0.3, -0.25) is 0 Å². The van der Waals surface area contributed by atoms with Gasteiger partial charge in [0, 0.05) is 17.1 Å². The van der Waals surface area contributed by atoms with Crippen molar-refractivity contribution in [1.82, 2.24) is 4.98 Å². The van der Waals surface area contributed by atoms with Crippen LogP contribution < -0.4 is 5.73 Å². The predicted octanol–water partition coefficient (Wildman–Crippen LogP) is 4.16. The third kappa shape index (κ3) is 2.63. The third-order valence-electron chi connectivity index (χ3n) is 3.29. The Hall–Kier alpha value is -2.00. The molecule has 3 nitrogen and oxygen atoms in total. The average molecular weight is 287 g/mol. The fraction of sp³-hybridized carbons (Fsp3) is 0.188. The van der Waals surface area contributed by atoms with Crippen LogP contribution >= 0.6 is 11.6 Å². The molecule has 0 spiro atoms. The fourth-order valence-corrected chi connectivity index (χ4v) is 2.51. The number of nitrogens with two attached hydrogens (primary N) is 1. The van der Waals surface area contributed by atoms with Gasteiger partial charge in [-0.15, -0.1) is 0 Å². The van der Waals surface area contributed by atoms with Crippen molar-refractivity contribution >= 4 is 28.4 Å². The second kappa shape index (κ2) is 5.17. The van der Waals surface area contributed by atoms with Gasteiger partial charge in [-0.2, -0.15) is 0 Å². The zero-order chi connectivity index (χ0) is 14.1. The minimum Gasteiger partial charge on any atom is -0.440 e. The number of anilines is 1. The quantitative estimate of drug-likeness (QED) is 0.736. The molecule has 0 aliphatic carbocycles. The molecule has 20 heavy (non-hydrogen) atoms. The van der Waals surface area contributed by atoms with Crippen molar-refractivity contribution < 1.29 is 4.42 Å². The van der Waals surface area contributed by atoms with Gasteiger partial charge in [0.25, 0.3) is 0 Å². The highest BCUT2D eigenvalue weighted by atomic mass is 35.5. The summed E-state index contributed by atoms with van der Waals surface area (Å²) in [6.45, 7) is 1.98. The molecule has 0 amide bonds. The van der Waals surface area contributed by atoms with Crippen LogP contribution in [-0.2, 0) is 12.8 Å². The van der Waals surface area contributed by atoms with Crippen LogP contribution in [0.4, 0.5) is 5.69 Å². The summed E-state index contributed by atoms with van der Waals surface area (Å²) >= 11 is 6.03. The molecule has 0 bridgehead atoms. The molecule has 0 saturated carbocycles. The summed E-state index contributed by atoms with van der Waals surface area (Å²) in [7, 11) is 0. The van der Waals surface area contributed by atoms with Gasteiger partial charge < -0.3 is 10.2 Å². The Morgan fingerprint density at radius 1 is 1.15 bits per heavy atom. The smallest absolute Gasteiger partial charge is 0.195 e. The van der Waals surface area contributed by atoms with Crippen molar-refractivity contribution in [2.24, 2.45) is 0 Å². The molecule has 0 radical (unpaired) electrons. The third-order valence-corrected chi connectivity index (χ3v) is 3.51. The zero-order valence-electron chi connectivity index (χ0n) is 11.2. The van der Waals surface area contributed by atoms with Crippen LogP contribution in [0, 0.1) is 6.92 Å². The van der Waals surface area contributed by atoms with Crippen molar-refractivity contribution in [2.45, 2.75) is 19.8 Å². The van der Waals surface area contributed by atoms with Crippen molar-refractivity contribution in [2.75, 3.05) is 5.73 Å². The summed E-state index contributed by atoms with van der Waals surface area (Å²) in [5.41, 5.74) is 10.3. The number of nitrogens with zero attached hydrogens (tertiary/aromatic N) is 1. The summed E-state index contributed by atoms with van der Waals surface area (Å²) in [6.07, 6.45) is 1.63. The molecule has 1 heterocycles. The van der Waals surface area contributed by atoms with Gasteiger partial charge in [0.1, 0.15) is 5.52 Å². The largest absolute Gasteiger partial charge is 0.440 e. The molecule has 0 atom stereocenters. The number of hydrogen-bond donors (Lipinski definition) is 1. The first kappa shape index (κ1) is 13.0. The van der Waals surface area contributed by atoms with Crippen LogP contribution in [0.1, 0.15) is 17.0 Å². The van der Waals surface area contributed by atoms with Crippen LogP contribution in [-0.4, -0.2) is 4.98 Å². The molecule has 1 aromatic heterocycles. The highest BCUT2D eigenvalue weighted by Crippen LogP contribution is 2.24. The normalized spacial score (nSPS) is 11.1. The molecule has 0 fully saturated rings. The summed E-state index contributed by atoms with van der Waals surface area (Å²) in [4.78, 5) is 4.49. The van der Waals surface area contributed by atoms with Gasteiger partial charge in [-0.05, 0) is 48.7 Å². The molecule has 3 aromatic rings. The lowest BCUT2D eigenvalue weighted by Crippen LogP contribution is -1.92. The van der Waals surface area contributed by atoms with E-state index in [0.717, 1.165) is 41.1 Å². The maximum absolute atomic E-state index is 6.03. The number of benzene rings is 2. The Balaban J connectivity index is 1.81. The molecule has 3 rings (SSSR count). The molecule has 0 aliphatic rings. The van der Waals surface area contributed by atoms with E-state index in [4.69, 9.17) is 21.8 Å². The Morgan fingerprint density at radius 3 is 2.65 bits per heavy atom. The van der Waals surface area contributed by atoms with E-state index in [0.29, 0.717) is 5.02 Å². The average Bonchev–Trinajstić information content (AvgIpc) is 2.81. The molecule has 2 aromatic carbocycles. The maximum Gasteiger partial charge on any atom is 0.195 e. The lowest BCUT2D eigenvalue weighted by molar-refractivity contribution is 0.526. The van der Waals surface area contributed by atoms with Crippen LogP contribution in [0.3, 0.4) is 0 Å². The second-order valence-corrected chi connectivity index (χ2v) is 5.36. The molecule has 0 aliphatic heterocycles. The van der Waals surface area contributed by atoms with E-state index in [-0.39, 0.29) is 0 Å². The standard InChI is InChI=1S/C16H15ClN2O/c1-10-8-12(17)9-14-16(10)20-15(19-14)7-4-11-2-5-13(18)6-3-11/h2-3,5-6,8-9H,4,7,18H2,1H3. The highest BCUT2D eigenvalue weighted by Gasteiger charge is 2.09. The number of oxazole rings is 1. The maximum atomic E-state index is 6.03. The van der Waals surface area contributed by atoms with Crippen LogP contribution in [0.2, 0.25) is 5.02 Å². The Labute approximate surface area is 122 Å². The number of hydrogen-bond acceptors (Lipinski definition) is 3. The van der Waals surface area contributed by atoms with E-state index in [1.54, 1.807) is 0 Å². The fourth-order valence-electron chi connectivity index (χ4n) is 2.25. The molecule has 4 heteroatoms. The molecule has 2 N–H and O–H groups in total. The monoisotopic (exact) mass is 286 g/mol. The topological polar surface area (TPSA) is 52.0 Å². The van der Waals surface area contributed by atoms with Crippen molar-refractivity contribution in [3.63, 3.8) is 0 Å². The molecule has 0 saturated heterocycles. The predicted molar refractivity (Wildman–Crippen MR) is 82.0 cm³/mol. The Bertz CT molecular complexity index is 747. The van der Waals surface area contributed by atoms with Crippen LogP contribution in [0.5, 0.6) is 0 Å². The highest BCUT2D eigenvalue weighted by molar-refractivity contribution is 6.31. The number of aryl methyl sites for hydroxylation is 3. The number of nitrogen functional groups attached to an aromatic ring is 1. The summed E-state index contributed by atoms with van der Waals surface area (Å²) < 4.78 is 5.80. The molecule has 0 unspecified atom stereocenters. The Morgan fingerprint density at radius 2 is 1.90 bits per heavy atom. The van der Waals surface area contributed by atoms with E-state index < -0.39 is 0 Å². The van der Waals surface area contributed by atoms with Crippen molar-refractivity contribution in [1.29, 1.82) is 0 Å². The zero-order valence-corrected chi connectivity index (χ0v) is 11.9. The lowest BCUT2D eigenvalue weighted by Gasteiger charge is -1.99. The van der Waals surface area contributed by atoms with Gasteiger partial charge in [0.05, 0.1) is 0 Å². The second-order valence-electron chi connectivity index (χ2n) is 4.92. The lowest BCUT2D eigenvalue weighted by atomic mass is 10.1. The first-order valence-corrected chi connectivity index (χ1v) is 6.89. The van der Waals surface area contributed by atoms with E-state index in [1.807, 2.05) is 43.3 Å². The minimum absolute atomic E-state index is 0.688. The van der Waals surface area contributed by atoms with Gasteiger partial charge in [-0.1, -0.05) is 23.7 Å². The number of rotatable bonds is 3. The number of aromatic nitrogens is 1.